The Kier molecular flexibility index (Phi) is 3.86. The summed E-state index contributed by atoms with van der Waals surface area (Å²) in [5, 5.41) is 0. The van der Waals surface area contributed by atoms with Crippen LogP contribution >= 0.6 is 12.2 Å². The van der Waals surface area contributed by atoms with Crippen LogP contribution in [0.1, 0.15) is 13.3 Å². The molecule has 0 atom stereocenters. The van der Waals surface area contributed by atoms with Gasteiger partial charge in [0, 0.05) is 27.7 Å². The van der Waals surface area contributed by atoms with Gasteiger partial charge in [0.2, 0.25) is 5.43 Å². The van der Waals surface area contributed by atoms with Crippen molar-refractivity contribution >= 4 is 23.6 Å². The van der Waals surface area contributed by atoms with Crippen LogP contribution in [0.3, 0.4) is 0 Å². The lowest BCUT2D eigenvalue weighted by molar-refractivity contribution is 0.859. The van der Waals surface area contributed by atoms with E-state index in [-0.39, 0.29) is 5.43 Å². The highest BCUT2D eigenvalue weighted by Gasteiger charge is 2.22. The fraction of sp³-hybridized carbons (Fsp3) is 0.500. The quantitative estimate of drug-likeness (QED) is 0.579. The fourth-order valence-corrected chi connectivity index (χ4v) is 1.96. The van der Waals surface area contributed by atoms with E-state index in [1.807, 2.05) is 37.9 Å². The first kappa shape index (κ1) is 12.9. The van der Waals surface area contributed by atoms with E-state index >= 15 is 0 Å². The minimum Gasteiger partial charge on any atom is -0.373 e. The summed E-state index contributed by atoms with van der Waals surface area (Å²) in [6.45, 7) is 6.71. The van der Waals surface area contributed by atoms with Gasteiger partial charge in [-0.15, -0.1) is 6.58 Å². The van der Waals surface area contributed by atoms with Crippen molar-refractivity contribution in [1.82, 2.24) is 0 Å². The van der Waals surface area contributed by atoms with E-state index in [0.29, 0.717) is 10.2 Å². The van der Waals surface area contributed by atoms with Crippen LogP contribution in [-0.2, 0) is 0 Å². The zero-order valence-corrected chi connectivity index (χ0v) is 11.1. The van der Waals surface area contributed by atoms with Gasteiger partial charge in [0.1, 0.15) is 10.2 Å². The molecule has 0 fully saturated rings. The molecule has 3 nitrogen and oxygen atoms in total. The minimum atomic E-state index is -0.0165. The molecule has 0 spiro atoms. The molecular weight excluding hydrogens is 220 g/mol. The molecule has 0 aromatic heterocycles. The van der Waals surface area contributed by atoms with Crippen molar-refractivity contribution in [2.45, 2.75) is 13.3 Å². The molecule has 0 saturated carbocycles. The normalized spacial score (nSPS) is 10.5. The number of nitrogens with zero attached hydrogens (tertiary/aromatic N) is 2. The van der Waals surface area contributed by atoms with Gasteiger partial charge in [-0.25, -0.2) is 0 Å². The Balaban J connectivity index is 2.88. The molecule has 0 heterocycles. The molecule has 4 heteroatoms. The SMILES string of the molecule is C=C(C)CCN(C)c1c(N(C)C)c(=O)c1=S. The third-order valence-corrected chi connectivity index (χ3v) is 2.94. The van der Waals surface area contributed by atoms with Crippen LogP contribution in [0.15, 0.2) is 16.9 Å². The highest BCUT2D eigenvalue weighted by atomic mass is 32.1. The lowest BCUT2D eigenvalue weighted by Crippen LogP contribution is -2.32. The van der Waals surface area contributed by atoms with Crippen LogP contribution in [0.2, 0.25) is 0 Å². The average molecular weight is 238 g/mol. The van der Waals surface area contributed by atoms with Crippen LogP contribution in [0.25, 0.3) is 0 Å². The smallest absolute Gasteiger partial charge is 0.224 e. The van der Waals surface area contributed by atoms with Crippen LogP contribution in [0.4, 0.5) is 11.4 Å². The third-order valence-electron chi connectivity index (χ3n) is 2.56. The lowest BCUT2D eigenvalue weighted by Gasteiger charge is -2.27. The highest BCUT2D eigenvalue weighted by Crippen LogP contribution is 2.28. The van der Waals surface area contributed by atoms with Gasteiger partial charge in [0.15, 0.2) is 0 Å². The first-order valence-electron chi connectivity index (χ1n) is 5.22. The maximum atomic E-state index is 11.6. The van der Waals surface area contributed by atoms with Crippen LogP contribution in [0, 0.1) is 4.51 Å². The van der Waals surface area contributed by atoms with E-state index in [1.165, 1.54) is 0 Å². The molecule has 0 saturated heterocycles. The first-order valence-corrected chi connectivity index (χ1v) is 5.63. The molecule has 0 aliphatic carbocycles. The average Bonchev–Trinajstić information content (AvgIpc) is 2.20. The maximum absolute atomic E-state index is 11.6. The minimum absolute atomic E-state index is 0.0165. The van der Waals surface area contributed by atoms with Crippen LogP contribution in [0.5, 0.6) is 0 Å². The van der Waals surface area contributed by atoms with E-state index in [0.717, 1.165) is 24.2 Å². The second kappa shape index (κ2) is 4.78. The van der Waals surface area contributed by atoms with E-state index < -0.39 is 0 Å². The molecule has 16 heavy (non-hydrogen) atoms. The zero-order chi connectivity index (χ0) is 12.5. The van der Waals surface area contributed by atoms with Crippen LogP contribution < -0.4 is 15.2 Å². The Morgan fingerprint density at radius 2 is 1.88 bits per heavy atom. The zero-order valence-electron chi connectivity index (χ0n) is 10.3. The maximum Gasteiger partial charge on any atom is 0.224 e. The molecule has 1 rings (SSSR count). The van der Waals surface area contributed by atoms with E-state index in [1.54, 1.807) is 0 Å². The molecule has 1 aromatic carbocycles. The highest BCUT2D eigenvalue weighted by molar-refractivity contribution is 7.71. The van der Waals surface area contributed by atoms with E-state index in [4.69, 9.17) is 12.2 Å². The molecule has 0 N–H and O–H groups in total. The summed E-state index contributed by atoms with van der Waals surface area (Å²) in [7, 11) is 5.68. The molecule has 0 aliphatic rings. The van der Waals surface area contributed by atoms with Crippen molar-refractivity contribution in [3.8, 4) is 0 Å². The Labute approximate surface area is 102 Å². The Bertz CT molecular complexity index is 469. The second-order valence-electron chi connectivity index (χ2n) is 4.38. The monoisotopic (exact) mass is 238 g/mol. The third kappa shape index (κ3) is 2.32. The summed E-state index contributed by atoms with van der Waals surface area (Å²) < 4.78 is 0.452. The number of rotatable bonds is 5. The number of hydrogen-bond acceptors (Lipinski definition) is 4. The van der Waals surface area contributed by atoms with Gasteiger partial charge in [-0.3, -0.25) is 4.79 Å². The Morgan fingerprint density at radius 1 is 1.31 bits per heavy atom. The van der Waals surface area contributed by atoms with E-state index in [2.05, 4.69) is 6.58 Å². The van der Waals surface area contributed by atoms with Crippen molar-refractivity contribution in [2.75, 3.05) is 37.5 Å². The molecule has 0 unspecified atom stereocenters. The standard InChI is InChI=1S/C12H18N2OS/c1-8(2)6-7-14(5)10-9(13(3)4)11(15)12(10)16/h1,6-7H2,2-5H3. The summed E-state index contributed by atoms with van der Waals surface area (Å²) in [5.41, 5.74) is 2.73. The van der Waals surface area contributed by atoms with Crippen molar-refractivity contribution in [3.63, 3.8) is 0 Å². The first-order chi connectivity index (χ1) is 7.36. The van der Waals surface area contributed by atoms with Gasteiger partial charge in [-0.05, 0) is 13.3 Å². The summed E-state index contributed by atoms with van der Waals surface area (Å²) >= 11 is 5.08. The summed E-state index contributed by atoms with van der Waals surface area (Å²) in [5.74, 6) is 0. The van der Waals surface area contributed by atoms with Crippen molar-refractivity contribution in [1.29, 1.82) is 0 Å². The molecule has 0 amide bonds. The van der Waals surface area contributed by atoms with Gasteiger partial charge in [-0.2, -0.15) is 0 Å². The summed E-state index contributed by atoms with van der Waals surface area (Å²) in [6.07, 6.45) is 0.914. The molecule has 0 bridgehead atoms. The van der Waals surface area contributed by atoms with Gasteiger partial charge in [0.25, 0.3) is 0 Å². The summed E-state index contributed by atoms with van der Waals surface area (Å²) in [6, 6.07) is 0. The summed E-state index contributed by atoms with van der Waals surface area (Å²) in [4.78, 5) is 15.4. The molecule has 88 valence electrons. The largest absolute Gasteiger partial charge is 0.373 e. The topological polar surface area (TPSA) is 23.6 Å². The van der Waals surface area contributed by atoms with E-state index in [9.17, 15) is 4.79 Å². The predicted octanol–water partition coefficient (Wildman–Crippen LogP) is 2.12. The number of hydrogen-bond donors (Lipinski definition) is 0. The van der Waals surface area contributed by atoms with Gasteiger partial charge < -0.3 is 9.80 Å². The number of anilines is 2. The van der Waals surface area contributed by atoms with Crippen molar-refractivity contribution in [3.05, 3.63) is 26.9 Å². The second-order valence-corrected chi connectivity index (χ2v) is 4.79. The van der Waals surface area contributed by atoms with Gasteiger partial charge in [-0.1, -0.05) is 17.8 Å². The fourth-order valence-electron chi connectivity index (χ4n) is 1.61. The molecular formula is C12H18N2OS. The predicted molar refractivity (Wildman–Crippen MR) is 72.9 cm³/mol. The van der Waals surface area contributed by atoms with Crippen molar-refractivity contribution < 1.29 is 0 Å². The lowest BCUT2D eigenvalue weighted by atomic mass is 10.1. The van der Waals surface area contributed by atoms with Crippen molar-refractivity contribution in [2.24, 2.45) is 0 Å². The Morgan fingerprint density at radius 3 is 2.31 bits per heavy atom. The van der Waals surface area contributed by atoms with Gasteiger partial charge >= 0.3 is 0 Å². The van der Waals surface area contributed by atoms with Gasteiger partial charge in [0.05, 0.1) is 5.69 Å². The Hall–Kier alpha value is -1.16. The van der Waals surface area contributed by atoms with Crippen LogP contribution in [-0.4, -0.2) is 27.7 Å². The molecule has 0 aliphatic heterocycles. The molecule has 0 radical (unpaired) electrons. The molecule has 1 aromatic rings.